The van der Waals surface area contributed by atoms with Crippen molar-refractivity contribution in [1.29, 1.82) is 10.5 Å². The molecule has 3 aromatic rings. The van der Waals surface area contributed by atoms with E-state index in [9.17, 15) is 8.78 Å². The average molecular weight is 378 g/mol. The Kier molecular flexibility index (Phi) is 5.38. The van der Waals surface area contributed by atoms with Crippen LogP contribution in [0.25, 0.3) is 0 Å². The van der Waals surface area contributed by atoms with E-state index in [1.165, 1.54) is 49.6 Å². The Balaban J connectivity index is 1.92. The van der Waals surface area contributed by atoms with Crippen molar-refractivity contribution in [1.82, 2.24) is 0 Å². The summed E-state index contributed by atoms with van der Waals surface area (Å²) in [6, 6.07) is 16.1. The van der Waals surface area contributed by atoms with Gasteiger partial charge in [0.15, 0.2) is 11.5 Å². The maximum absolute atomic E-state index is 13.7. The Morgan fingerprint density at radius 1 is 0.714 bits per heavy atom. The van der Waals surface area contributed by atoms with Gasteiger partial charge in [-0.1, -0.05) is 12.1 Å². The topological polar surface area (TPSA) is 75.3 Å². The molecule has 7 heteroatoms. The third-order valence-corrected chi connectivity index (χ3v) is 3.76. The summed E-state index contributed by atoms with van der Waals surface area (Å²) in [5, 5.41) is 18.2. The van der Waals surface area contributed by atoms with Crippen molar-refractivity contribution in [2.75, 3.05) is 7.11 Å². The van der Waals surface area contributed by atoms with Gasteiger partial charge in [-0.15, -0.1) is 0 Å². The van der Waals surface area contributed by atoms with Crippen LogP contribution in [0.2, 0.25) is 0 Å². The van der Waals surface area contributed by atoms with Gasteiger partial charge in [0.25, 0.3) is 0 Å². The van der Waals surface area contributed by atoms with Crippen molar-refractivity contribution in [2.45, 2.75) is 0 Å². The number of nitriles is 2. The molecule has 0 aliphatic heterocycles. The lowest BCUT2D eigenvalue weighted by molar-refractivity contribution is 0.373. The number of methoxy groups -OCH3 is 1. The number of ether oxygens (including phenoxy) is 3. The Labute approximate surface area is 159 Å². The zero-order valence-corrected chi connectivity index (χ0v) is 14.6. The second-order valence-electron chi connectivity index (χ2n) is 5.47. The highest BCUT2D eigenvalue weighted by Gasteiger charge is 2.15. The molecular formula is C21H12F2N2O3. The van der Waals surface area contributed by atoms with E-state index >= 15 is 0 Å². The average Bonchev–Trinajstić information content (AvgIpc) is 2.69. The van der Waals surface area contributed by atoms with Crippen LogP contribution in [0.3, 0.4) is 0 Å². The lowest BCUT2D eigenvalue weighted by Crippen LogP contribution is -1.96. The molecule has 28 heavy (non-hydrogen) atoms. The SMILES string of the molecule is COc1cc(Oc2cccc(F)c2C#N)ccc1Oc1cccc(F)c1C#N. The predicted octanol–water partition coefficient (Wildman–Crippen LogP) is 5.30. The summed E-state index contributed by atoms with van der Waals surface area (Å²) in [6.07, 6.45) is 0. The Morgan fingerprint density at radius 2 is 1.29 bits per heavy atom. The summed E-state index contributed by atoms with van der Waals surface area (Å²) >= 11 is 0. The molecule has 0 aliphatic rings. The fourth-order valence-corrected chi connectivity index (χ4v) is 2.44. The highest BCUT2D eigenvalue weighted by atomic mass is 19.1. The Bertz CT molecular complexity index is 1120. The third kappa shape index (κ3) is 3.69. The van der Waals surface area contributed by atoms with E-state index in [4.69, 9.17) is 24.7 Å². The van der Waals surface area contributed by atoms with Gasteiger partial charge in [0, 0.05) is 6.07 Å². The Hall–Kier alpha value is -4.10. The summed E-state index contributed by atoms with van der Waals surface area (Å²) in [5.74, 6) is -0.582. The lowest BCUT2D eigenvalue weighted by atomic mass is 10.2. The summed E-state index contributed by atoms with van der Waals surface area (Å²) in [5.41, 5.74) is -0.455. The lowest BCUT2D eigenvalue weighted by Gasteiger charge is -2.14. The molecule has 0 heterocycles. The molecule has 0 saturated heterocycles. The zero-order valence-electron chi connectivity index (χ0n) is 14.6. The molecule has 138 valence electrons. The minimum Gasteiger partial charge on any atom is -0.493 e. The largest absolute Gasteiger partial charge is 0.493 e. The van der Waals surface area contributed by atoms with Crippen LogP contribution in [0.4, 0.5) is 8.78 Å². The van der Waals surface area contributed by atoms with Gasteiger partial charge in [-0.2, -0.15) is 10.5 Å². The van der Waals surface area contributed by atoms with Crippen LogP contribution in [-0.4, -0.2) is 7.11 Å². The third-order valence-electron chi connectivity index (χ3n) is 3.76. The van der Waals surface area contributed by atoms with Crippen molar-refractivity contribution in [3.8, 4) is 40.9 Å². The molecule has 0 aliphatic carbocycles. The van der Waals surface area contributed by atoms with Gasteiger partial charge >= 0.3 is 0 Å². The van der Waals surface area contributed by atoms with Crippen molar-refractivity contribution < 1.29 is 23.0 Å². The second-order valence-corrected chi connectivity index (χ2v) is 5.47. The number of hydrogen-bond donors (Lipinski definition) is 0. The summed E-state index contributed by atoms with van der Waals surface area (Å²) in [6.45, 7) is 0. The molecule has 0 saturated carbocycles. The van der Waals surface area contributed by atoms with Crippen molar-refractivity contribution in [3.63, 3.8) is 0 Å². The van der Waals surface area contributed by atoms with E-state index in [0.29, 0.717) is 0 Å². The van der Waals surface area contributed by atoms with Crippen LogP contribution in [0.15, 0.2) is 54.6 Å². The molecule has 0 atom stereocenters. The van der Waals surface area contributed by atoms with Crippen LogP contribution in [-0.2, 0) is 0 Å². The first-order chi connectivity index (χ1) is 13.6. The summed E-state index contributed by atoms with van der Waals surface area (Å²) in [7, 11) is 1.39. The molecule has 0 N–H and O–H groups in total. The van der Waals surface area contributed by atoms with Gasteiger partial charge in [0.2, 0.25) is 0 Å². The van der Waals surface area contributed by atoms with Crippen LogP contribution in [0.1, 0.15) is 11.1 Å². The monoisotopic (exact) mass is 378 g/mol. The highest BCUT2D eigenvalue weighted by Crippen LogP contribution is 2.38. The van der Waals surface area contributed by atoms with E-state index in [0.717, 1.165) is 12.1 Å². The predicted molar refractivity (Wildman–Crippen MR) is 95.4 cm³/mol. The molecular weight excluding hydrogens is 366 g/mol. The van der Waals surface area contributed by atoms with Crippen molar-refractivity contribution in [3.05, 3.63) is 77.4 Å². The molecule has 0 bridgehead atoms. The maximum atomic E-state index is 13.7. The van der Waals surface area contributed by atoms with E-state index < -0.39 is 11.6 Å². The quantitative estimate of drug-likeness (QED) is 0.602. The zero-order chi connectivity index (χ0) is 20.1. The Morgan fingerprint density at radius 3 is 1.82 bits per heavy atom. The molecule has 0 aromatic heterocycles. The molecule has 0 amide bonds. The first kappa shape index (κ1) is 18.7. The number of rotatable bonds is 5. The standard InChI is InChI=1S/C21H12F2N2O3/c1-26-21-10-13(27-18-6-2-4-16(22)14(18)11-24)8-9-20(21)28-19-7-3-5-17(23)15(19)12-25/h2-10H,1H3. The number of halogens is 2. The molecule has 0 unspecified atom stereocenters. The molecule has 3 aromatic carbocycles. The van der Waals surface area contributed by atoms with E-state index in [1.807, 2.05) is 0 Å². The van der Waals surface area contributed by atoms with Gasteiger partial charge < -0.3 is 14.2 Å². The molecule has 0 fully saturated rings. The van der Waals surface area contributed by atoms with Gasteiger partial charge in [0.05, 0.1) is 7.11 Å². The fraction of sp³-hybridized carbons (Fsp3) is 0.0476. The summed E-state index contributed by atoms with van der Waals surface area (Å²) < 4.78 is 43.9. The van der Waals surface area contributed by atoms with E-state index in [2.05, 4.69) is 0 Å². The molecule has 5 nitrogen and oxygen atoms in total. The van der Waals surface area contributed by atoms with E-state index in [-0.39, 0.29) is 39.9 Å². The number of benzene rings is 3. The molecule has 0 radical (unpaired) electrons. The van der Waals surface area contributed by atoms with Crippen LogP contribution in [0, 0.1) is 34.3 Å². The second kappa shape index (κ2) is 8.07. The van der Waals surface area contributed by atoms with Gasteiger partial charge in [-0.25, -0.2) is 8.78 Å². The minimum absolute atomic E-state index is 0.0337. The van der Waals surface area contributed by atoms with Gasteiger partial charge in [-0.3, -0.25) is 0 Å². The molecule has 0 spiro atoms. The number of hydrogen-bond acceptors (Lipinski definition) is 5. The maximum Gasteiger partial charge on any atom is 0.169 e. The first-order valence-electron chi connectivity index (χ1n) is 7.98. The fourth-order valence-electron chi connectivity index (χ4n) is 2.44. The smallest absolute Gasteiger partial charge is 0.169 e. The minimum atomic E-state index is -0.700. The van der Waals surface area contributed by atoms with Crippen molar-refractivity contribution in [2.24, 2.45) is 0 Å². The highest BCUT2D eigenvalue weighted by molar-refractivity contribution is 5.53. The molecule has 3 rings (SSSR count). The van der Waals surface area contributed by atoms with Gasteiger partial charge in [0.1, 0.15) is 52.1 Å². The van der Waals surface area contributed by atoms with Crippen LogP contribution >= 0.6 is 0 Å². The van der Waals surface area contributed by atoms with E-state index in [1.54, 1.807) is 12.1 Å². The normalized spacial score (nSPS) is 9.89. The van der Waals surface area contributed by atoms with Crippen LogP contribution < -0.4 is 14.2 Å². The summed E-state index contributed by atoms with van der Waals surface area (Å²) in [4.78, 5) is 0. The number of nitrogens with zero attached hydrogens (tertiary/aromatic N) is 2. The first-order valence-corrected chi connectivity index (χ1v) is 7.98. The van der Waals surface area contributed by atoms with Gasteiger partial charge in [-0.05, 0) is 36.4 Å². The van der Waals surface area contributed by atoms with Crippen LogP contribution in [0.5, 0.6) is 28.7 Å². The van der Waals surface area contributed by atoms with Crippen molar-refractivity contribution >= 4 is 0 Å².